The summed E-state index contributed by atoms with van der Waals surface area (Å²) in [5, 5.41) is 3.23. The van der Waals surface area contributed by atoms with Crippen LogP contribution < -0.4 is 10.2 Å². The molecule has 3 aliphatic carbocycles. The van der Waals surface area contributed by atoms with E-state index in [-0.39, 0.29) is 0 Å². The summed E-state index contributed by atoms with van der Waals surface area (Å²) in [5.41, 5.74) is 2.75. The molecule has 1 unspecified atom stereocenters. The maximum Gasteiger partial charge on any atom is 0.223 e. The third-order valence-corrected chi connectivity index (χ3v) is 8.29. The average molecular weight is 399 g/mol. The molecule has 3 heterocycles. The lowest BCUT2D eigenvalue weighted by molar-refractivity contribution is -0.123. The van der Waals surface area contributed by atoms with Crippen molar-refractivity contribution in [2.45, 2.75) is 19.3 Å². The number of piperazine rings is 1. The van der Waals surface area contributed by atoms with Crippen LogP contribution in [0.3, 0.4) is 0 Å². The highest BCUT2D eigenvalue weighted by Gasteiger charge is 2.67. The summed E-state index contributed by atoms with van der Waals surface area (Å²) in [6.07, 6.45) is 5.79. The van der Waals surface area contributed by atoms with Crippen molar-refractivity contribution in [3.05, 3.63) is 11.8 Å². The van der Waals surface area contributed by atoms with Crippen LogP contribution in [0.25, 0.3) is 10.3 Å². The first-order valence-electron chi connectivity index (χ1n) is 10.6. The number of nitrogens with zero attached hydrogens (tertiary/aromatic N) is 5. The largest absolute Gasteiger partial charge is 0.355 e. The summed E-state index contributed by atoms with van der Waals surface area (Å²) in [6.45, 7) is 5.56. The molecule has 2 bridgehead atoms. The second-order valence-corrected chi connectivity index (χ2v) is 9.67. The van der Waals surface area contributed by atoms with Crippen molar-refractivity contribution in [1.29, 1.82) is 0 Å². The Balaban J connectivity index is 0.977. The van der Waals surface area contributed by atoms with Gasteiger partial charge in [0.1, 0.15) is 16.7 Å². The number of carbonyl (C=O) groups is 1. The van der Waals surface area contributed by atoms with E-state index in [0.29, 0.717) is 11.8 Å². The standard InChI is InChI=1S/C20H26N6OS/c27-19(16-14-12-1-2-13(9-12)15(14)16)21-3-4-25-5-7-26(8-6-25)18-17-20(23-10-22-18)28-11-24-17/h10-16H,1-9H2,(H,21,27)/t12-,13+,14+,15-,16?. The molecule has 7 nitrogen and oxygen atoms in total. The number of aromatic nitrogens is 3. The van der Waals surface area contributed by atoms with E-state index in [2.05, 4.69) is 30.1 Å². The van der Waals surface area contributed by atoms with Crippen LogP contribution in [0.5, 0.6) is 0 Å². The van der Waals surface area contributed by atoms with Crippen molar-refractivity contribution in [3.8, 4) is 0 Å². The van der Waals surface area contributed by atoms with Crippen molar-refractivity contribution in [1.82, 2.24) is 25.2 Å². The van der Waals surface area contributed by atoms with Crippen LogP contribution in [-0.2, 0) is 4.79 Å². The number of amides is 1. The van der Waals surface area contributed by atoms with Gasteiger partial charge < -0.3 is 10.2 Å². The van der Waals surface area contributed by atoms with Crippen LogP contribution in [0.1, 0.15) is 19.3 Å². The zero-order valence-electron chi connectivity index (χ0n) is 16.0. The van der Waals surface area contributed by atoms with Crippen molar-refractivity contribution >= 4 is 33.4 Å². The molecule has 4 aliphatic rings. The van der Waals surface area contributed by atoms with Crippen LogP contribution >= 0.6 is 11.3 Å². The highest BCUT2D eigenvalue weighted by molar-refractivity contribution is 7.16. The molecule has 2 aromatic heterocycles. The molecule has 1 aliphatic heterocycles. The van der Waals surface area contributed by atoms with E-state index in [9.17, 15) is 4.79 Å². The molecular formula is C20H26N6OS. The van der Waals surface area contributed by atoms with Crippen molar-refractivity contribution in [3.63, 3.8) is 0 Å². The van der Waals surface area contributed by atoms with Crippen LogP contribution in [-0.4, -0.2) is 65.0 Å². The summed E-state index contributed by atoms with van der Waals surface area (Å²) in [5.74, 6) is 4.83. The van der Waals surface area contributed by atoms with Gasteiger partial charge in [0.25, 0.3) is 0 Å². The Kier molecular flexibility index (Phi) is 4.04. The third kappa shape index (κ3) is 2.72. The molecule has 5 atom stereocenters. The fourth-order valence-electron chi connectivity index (χ4n) is 6.23. The van der Waals surface area contributed by atoms with Crippen LogP contribution in [0.15, 0.2) is 11.8 Å². The molecule has 0 spiro atoms. The summed E-state index contributed by atoms with van der Waals surface area (Å²) < 4.78 is 0. The van der Waals surface area contributed by atoms with E-state index in [1.165, 1.54) is 19.3 Å². The van der Waals surface area contributed by atoms with Gasteiger partial charge in [0.15, 0.2) is 5.82 Å². The number of rotatable bonds is 5. The SMILES string of the molecule is O=C(NCCN1CCN(c2ncnc3scnc23)CC1)C1[C@@H]2[C@H]3CC[C@H](C3)[C@H]12. The fourth-order valence-corrected chi connectivity index (χ4v) is 6.85. The molecule has 1 N–H and O–H groups in total. The maximum absolute atomic E-state index is 12.6. The quantitative estimate of drug-likeness (QED) is 0.825. The Bertz CT molecular complexity index is 878. The molecule has 4 fully saturated rings. The zero-order chi connectivity index (χ0) is 18.7. The second-order valence-electron chi connectivity index (χ2n) is 8.84. The second kappa shape index (κ2) is 6.62. The summed E-state index contributed by atoms with van der Waals surface area (Å²) >= 11 is 1.56. The Hall–Kier alpha value is -1.80. The average Bonchev–Trinajstić information content (AvgIpc) is 3.07. The molecule has 3 saturated carbocycles. The molecule has 28 heavy (non-hydrogen) atoms. The minimum Gasteiger partial charge on any atom is -0.355 e. The normalized spacial score (nSPS) is 34.0. The molecular weight excluding hydrogens is 372 g/mol. The monoisotopic (exact) mass is 398 g/mol. The highest BCUT2D eigenvalue weighted by Crippen LogP contribution is 2.69. The molecule has 0 aromatic carbocycles. The summed E-state index contributed by atoms with van der Waals surface area (Å²) in [6, 6.07) is 0. The zero-order valence-corrected chi connectivity index (χ0v) is 16.8. The molecule has 2 aromatic rings. The maximum atomic E-state index is 12.6. The first-order valence-corrected chi connectivity index (χ1v) is 11.5. The number of hydrogen-bond donors (Lipinski definition) is 1. The van der Waals surface area contributed by atoms with Gasteiger partial charge in [0.2, 0.25) is 5.91 Å². The highest BCUT2D eigenvalue weighted by atomic mass is 32.1. The van der Waals surface area contributed by atoms with Gasteiger partial charge in [-0.2, -0.15) is 0 Å². The van der Waals surface area contributed by atoms with E-state index >= 15 is 0 Å². The van der Waals surface area contributed by atoms with Gasteiger partial charge in [0.05, 0.1) is 5.51 Å². The first kappa shape index (κ1) is 17.1. The lowest BCUT2D eigenvalue weighted by Crippen LogP contribution is -2.49. The third-order valence-electron chi connectivity index (χ3n) is 7.55. The minimum atomic E-state index is 0.331. The van der Waals surface area contributed by atoms with Crippen molar-refractivity contribution in [2.75, 3.05) is 44.2 Å². The smallest absolute Gasteiger partial charge is 0.223 e. The molecule has 8 heteroatoms. The van der Waals surface area contributed by atoms with E-state index in [0.717, 1.165) is 79.1 Å². The predicted molar refractivity (Wildman–Crippen MR) is 108 cm³/mol. The van der Waals surface area contributed by atoms with Crippen LogP contribution in [0.4, 0.5) is 5.82 Å². The number of carbonyl (C=O) groups excluding carboxylic acids is 1. The van der Waals surface area contributed by atoms with Gasteiger partial charge in [-0.15, -0.1) is 11.3 Å². The lowest BCUT2D eigenvalue weighted by Gasteiger charge is -2.35. The Morgan fingerprint density at radius 2 is 1.89 bits per heavy atom. The molecule has 1 amide bonds. The Morgan fingerprint density at radius 1 is 1.11 bits per heavy atom. The number of fused-ring (bicyclic) bond motifs is 6. The van der Waals surface area contributed by atoms with Gasteiger partial charge >= 0.3 is 0 Å². The number of nitrogens with one attached hydrogen (secondary N) is 1. The van der Waals surface area contributed by atoms with E-state index in [1.807, 2.05) is 5.51 Å². The first-order chi connectivity index (χ1) is 13.8. The van der Waals surface area contributed by atoms with Gasteiger partial charge in [-0.1, -0.05) is 0 Å². The number of hydrogen-bond acceptors (Lipinski definition) is 7. The van der Waals surface area contributed by atoms with E-state index < -0.39 is 0 Å². The minimum absolute atomic E-state index is 0.331. The number of anilines is 1. The Morgan fingerprint density at radius 3 is 2.68 bits per heavy atom. The molecule has 6 rings (SSSR count). The van der Waals surface area contributed by atoms with Crippen molar-refractivity contribution < 1.29 is 4.79 Å². The Labute approximate surface area is 168 Å². The van der Waals surface area contributed by atoms with E-state index in [1.54, 1.807) is 17.7 Å². The van der Waals surface area contributed by atoms with E-state index in [4.69, 9.17) is 0 Å². The van der Waals surface area contributed by atoms with Gasteiger partial charge in [-0.05, 0) is 42.9 Å². The fraction of sp³-hybridized carbons (Fsp3) is 0.700. The summed E-state index contributed by atoms with van der Waals surface area (Å²) in [4.78, 5) is 31.4. The van der Waals surface area contributed by atoms with Crippen LogP contribution in [0.2, 0.25) is 0 Å². The predicted octanol–water partition coefficient (Wildman–Crippen LogP) is 1.62. The molecule has 148 valence electrons. The van der Waals surface area contributed by atoms with Crippen LogP contribution in [0, 0.1) is 29.6 Å². The number of thiazole rings is 1. The van der Waals surface area contributed by atoms with Gasteiger partial charge in [-0.3, -0.25) is 9.69 Å². The topological polar surface area (TPSA) is 74.2 Å². The van der Waals surface area contributed by atoms with Gasteiger partial charge in [0, 0.05) is 45.2 Å². The molecule has 0 radical (unpaired) electrons. The van der Waals surface area contributed by atoms with Crippen molar-refractivity contribution in [2.24, 2.45) is 29.6 Å². The molecule has 1 saturated heterocycles. The summed E-state index contributed by atoms with van der Waals surface area (Å²) in [7, 11) is 0. The van der Waals surface area contributed by atoms with Gasteiger partial charge in [-0.25, -0.2) is 15.0 Å². The lowest BCUT2D eigenvalue weighted by atomic mass is 10.0.